The predicted molar refractivity (Wildman–Crippen MR) is 92.4 cm³/mol. The van der Waals surface area contributed by atoms with Gasteiger partial charge in [0.2, 0.25) is 0 Å². The Morgan fingerprint density at radius 3 is 3.10 bits per heavy atom. The number of rotatable bonds is 3. The average molecular weight is 413 g/mol. The minimum atomic E-state index is 0.324. The summed E-state index contributed by atoms with van der Waals surface area (Å²) in [5, 5.41) is 4.61. The van der Waals surface area contributed by atoms with Crippen molar-refractivity contribution in [2.75, 3.05) is 7.11 Å². The van der Waals surface area contributed by atoms with E-state index in [1.807, 2.05) is 16.9 Å². The smallest absolute Gasteiger partial charge is 0.319 e. The van der Waals surface area contributed by atoms with Crippen LogP contribution in [0.15, 0.2) is 41.4 Å². The Morgan fingerprint density at radius 1 is 1.38 bits per heavy atom. The van der Waals surface area contributed by atoms with Gasteiger partial charge in [0.1, 0.15) is 6.33 Å². The van der Waals surface area contributed by atoms with Gasteiger partial charge >= 0.3 is 6.01 Å². The second kappa shape index (κ2) is 6.62. The Hall–Kier alpha value is -1.34. The molecule has 1 aliphatic heterocycles. The maximum absolute atomic E-state index is 5.09. The Labute approximate surface area is 137 Å². The molecule has 0 amide bonds. The quantitative estimate of drug-likeness (QED) is 0.563. The molecule has 2 aliphatic rings. The van der Waals surface area contributed by atoms with Crippen LogP contribution in [0.1, 0.15) is 18.7 Å². The van der Waals surface area contributed by atoms with Gasteiger partial charge in [0, 0.05) is 30.3 Å². The molecule has 2 heterocycles. The van der Waals surface area contributed by atoms with Crippen molar-refractivity contribution in [1.82, 2.24) is 19.7 Å². The molecule has 21 heavy (non-hydrogen) atoms. The van der Waals surface area contributed by atoms with E-state index >= 15 is 0 Å². The first-order valence-electron chi connectivity index (χ1n) is 6.33. The molecule has 1 atom stereocenters. The third kappa shape index (κ3) is 3.29. The lowest BCUT2D eigenvalue weighted by Crippen LogP contribution is -2.15. The molecule has 0 aromatic carbocycles. The summed E-state index contributed by atoms with van der Waals surface area (Å²) >= 11 is 2.33. The molecule has 0 saturated heterocycles. The van der Waals surface area contributed by atoms with Crippen LogP contribution in [0.3, 0.4) is 0 Å². The van der Waals surface area contributed by atoms with Gasteiger partial charge in [-0.05, 0) is 27.6 Å². The molecule has 0 fully saturated rings. The summed E-state index contributed by atoms with van der Waals surface area (Å²) < 4.78 is 7.06. The number of halogens is 1. The summed E-state index contributed by atoms with van der Waals surface area (Å²) in [6, 6.07) is 0.324. The second-order valence-corrected chi connectivity index (χ2v) is 6.51. The third-order valence-electron chi connectivity index (χ3n) is 3.08. The predicted octanol–water partition coefficient (Wildman–Crippen LogP) is 3.11. The lowest BCUT2D eigenvalue weighted by molar-refractivity contribution is 0.377. The van der Waals surface area contributed by atoms with Crippen LogP contribution >= 0.6 is 28.4 Å². The Balaban J connectivity index is 2.04. The Bertz CT molecular complexity index is 670. The van der Waals surface area contributed by atoms with Crippen molar-refractivity contribution in [3.8, 4) is 6.01 Å². The molecule has 0 saturated carbocycles. The molecular formula is C13H13IN5OP. The monoisotopic (exact) mass is 413 g/mol. The van der Waals surface area contributed by atoms with Gasteiger partial charge in [-0.15, -0.1) is 0 Å². The van der Waals surface area contributed by atoms with Gasteiger partial charge < -0.3 is 4.74 Å². The van der Waals surface area contributed by atoms with Crippen LogP contribution in [0.25, 0.3) is 5.57 Å². The first-order chi connectivity index (χ1) is 10.3. The van der Waals surface area contributed by atoms with Crippen molar-refractivity contribution in [3.63, 3.8) is 0 Å². The van der Waals surface area contributed by atoms with Crippen molar-refractivity contribution < 1.29 is 4.74 Å². The molecule has 108 valence electrons. The standard InChI is InChI=1S/C13H13IN5OP/c1-20-13-16-8-15-12(17-13)11-5-3-2-4-10-6-9(11)7-19(18-10)21-14/h2-3,5,7-8,21H,4,6H2,1H3/b3-2-,11-5+. The van der Waals surface area contributed by atoms with Crippen molar-refractivity contribution in [1.29, 1.82) is 0 Å². The van der Waals surface area contributed by atoms with Gasteiger partial charge in [0.25, 0.3) is 0 Å². The fourth-order valence-corrected chi connectivity index (χ4v) is 3.28. The molecule has 6 nitrogen and oxygen atoms in total. The van der Waals surface area contributed by atoms with E-state index in [1.54, 1.807) is 7.11 Å². The lowest BCUT2D eigenvalue weighted by Gasteiger charge is -2.23. The van der Waals surface area contributed by atoms with Gasteiger partial charge in [0.05, 0.1) is 13.5 Å². The highest BCUT2D eigenvalue weighted by molar-refractivity contribution is 14.2. The largest absolute Gasteiger partial charge is 0.467 e. The van der Waals surface area contributed by atoms with Crippen molar-refractivity contribution in [2.45, 2.75) is 12.8 Å². The molecular weight excluding hydrogens is 400 g/mol. The van der Waals surface area contributed by atoms with Crippen molar-refractivity contribution >= 4 is 39.7 Å². The van der Waals surface area contributed by atoms with Crippen LogP contribution in [-0.2, 0) is 0 Å². The summed E-state index contributed by atoms with van der Waals surface area (Å²) in [6.07, 6.45) is 12.0. The summed E-state index contributed by atoms with van der Waals surface area (Å²) in [5.74, 6) is 0.623. The van der Waals surface area contributed by atoms with Crippen LogP contribution in [0.4, 0.5) is 0 Å². The highest BCUT2D eigenvalue weighted by atomic mass is 127. The fourth-order valence-electron chi connectivity index (χ4n) is 2.15. The van der Waals surface area contributed by atoms with Crippen LogP contribution in [0.5, 0.6) is 6.01 Å². The van der Waals surface area contributed by atoms with Crippen LogP contribution in [0, 0.1) is 0 Å². The molecule has 0 spiro atoms. The zero-order valence-corrected chi connectivity index (χ0v) is 14.5. The number of nitrogens with zero attached hydrogens (tertiary/aromatic N) is 5. The van der Waals surface area contributed by atoms with Gasteiger partial charge in [-0.1, -0.05) is 18.2 Å². The summed E-state index contributed by atoms with van der Waals surface area (Å²) in [4.78, 5) is 12.6. The van der Waals surface area contributed by atoms with E-state index in [9.17, 15) is 0 Å². The second-order valence-electron chi connectivity index (χ2n) is 4.43. The van der Waals surface area contributed by atoms with Crippen molar-refractivity contribution in [2.24, 2.45) is 5.10 Å². The van der Waals surface area contributed by atoms with E-state index in [4.69, 9.17) is 4.74 Å². The van der Waals surface area contributed by atoms with Gasteiger partial charge in [-0.2, -0.15) is 15.1 Å². The highest BCUT2D eigenvalue weighted by Gasteiger charge is 2.20. The molecule has 8 heteroatoms. The Morgan fingerprint density at radius 2 is 2.29 bits per heavy atom. The topological polar surface area (TPSA) is 63.5 Å². The molecule has 0 radical (unpaired) electrons. The number of methoxy groups -OCH3 is 1. The molecule has 1 unspecified atom stereocenters. The number of ether oxygens (including phenoxy) is 1. The molecule has 2 bridgehead atoms. The van der Waals surface area contributed by atoms with E-state index in [0.717, 1.165) is 24.1 Å². The zero-order chi connectivity index (χ0) is 14.7. The number of hydrazone groups is 1. The van der Waals surface area contributed by atoms with Gasteiger partial charge in [-0.3, -0.25) is 0 Å². The summed E-state index contributed by atoms with van der Waals surface area (Å²) in [7, 11) is 1.55. The SMILES string of the molecule is COc1ncnc(/C2=C/C=C\CC3=NN(PI)C=C2C3)n1. The molecule has 3 rings (SSSR count). The summed E-state index contributed by atoms with van der Waals surface area (Å²) in [6.45, 7) is 0. The van der Waals surface area contributed by atoms with E-state index in [-0.39, 0.29) is 0 Å². The molecule has 1 aliphatic carbocycles. The molecule has 0 N–H and O–H groups in total. The number of allylic oxidation sites excluding steroid dienone is 5. The van der Waals surface area contributed by atoms with E-state index in [0.29, 0.717) is 18.2 Å². The number of fused-ring (bicyclic) bond motifs is 2. The average Bonchev–Trinajstić information content (AvgIpc) is 2.53. The Kier molecular flexibility index (Phi) is 4.60. The maximum Gasteiger partial charge on any atom is 0.319 e. The van der Waals surface area contributed by atoms with Crippen LogP contribution in [-0.4, -0.2) is 32.6 Å². The number of hydrogen-bond acceptors (Lipinski definition) is 6. The maximum atomic E-state index is 5.09. The van der Waals surface area contributed by atoms with Crippen LogP contribution < -0.4 is 4.74 Å². The third-order valence-corrected chi connectivity index (χ3v) is 4.97. The first-order valence-corrected chi connectivity index (χ1v) is 10.4. The highest BCUT2D eigenvalue weighted by Crippen LogP contribution is 2.36. The van der Waals surface area contributed by atoms with E-state index in [1.165, 1.54) is 11.9 Å². The lowest BCUT2D eigenvalue weighted by atomic mass is 9.95. The molecule has 1 aromatic heterocycles. The minimum Gasteiger partial charge on any atom is -0.467 e. The van der Waals surface area contributed by atoms with Gasteiger partial charge in [-0.25, -0.2) is 9.76 Å². The number of hydrogen-bond donors (Lipinski definition) is 0. The van der Waals surface area contributed by atoms with Crippen LogP contribution in [0.2, 0.25) is 0 Å². The zero-order valence-electron chi connectivity index (χ0n) is 11.3. The van der Waals surface area contributed by atoms with Crippen molar-refractivity contribution in [3.05, 3.63) is 42.2 Å². The fraction of sp³-hybridized carbons (Fsp3) is 0.231. The minimum absolute atomic E-state index is 0.324. The molecule has 1 aromatic rings. The summed E-state index contributed by atoms with van der Waals surface area (Å²) in [5.41, 5.74) is 3.31. The van der Waals surface area contributed by atoms with E-state index < -0.39 is 0 Å². The normalized spacial score (nSPS) is 22.0. The number of aromatic nitrogens is 3. The first kappa shape index (κ1) is 14.6. The van der Waals surface area contributed by atoms with E-state index in [2.05, 4.69) is 54.4 Å². The van der Waals surface area contributed by atoms with Gasteiger partial charge in [0.15, 0.2) is 5.82 Å².